The number of likely N-dealkylation sites (tertiary alicyclic amines) is 1. The fourth-order valence-corrected chi connectivity index (χ4v) is 5.01. The lowest BCUT2D eigenvalue weighted by Crippen LogP contribution is -2.51. The molecule has 1 saturated heterocycles. The zero-order valence-corrected chi connectivity index (χ0v) is 23.8. The number of nitrogens with zero attached hydrogens (tertiary/aromatic N) is 1. The second kappa shape index (κ2) is 14.5. The van der Waals surface area contributed by atoms with Gasteiger partial charge in [0.15, 0.2) is 6.10 Å². The molecular weight excluding hydrogens is 518 g/mol. The molecule has 3 atom stereocenters. The number of hydrogen-bond donors (Lipinski definition) is 2. The van der Waals surface area contributed by atoms with Gasteiger partial charge in [-0.2, -0.15) is 0 Å². The van der Waals surface area contributed by atoms with Crippen LogP contribution in [-0.4, -0.2) is 54.0 Å². The molecule has 41 heavy (non-hydrogen) atoms. The van der Waals surface area contributed by atoms with Crippen LogP contribution in [0.4, 0.5) is 0 Å². The molecule has 0 aliphatic carbocycles. The smallest absolute Gasteiger partial charge is 0.347 e. The molecule has 3 N–H and O–H groups in total. The molecule has 3 aromatic carbocycles. The summed E-state index contributed by atoms with van der Waals surface area (Å²) in [6, 6.07) is 24.1. The van der Waals surface area contributed by atoms with Crippen LogP contribution in [0, 0.1) is 0 Å². The van der Waals surface area contributed by atoms with Gasteiger partial charge in [0, 0.05) is 13.1 Å². The normalized spacial score (nSPS) is 16.1. The summed E-state index contributed by atoms with van der Waals surface area (Å²) >= 11 is 0. The molecule has 3 aromatic rings. The number of carbonyl (C=O) groups is 3. The van der Waals surface area contributed by atoms with E-state index >= 15 is 0 Å². The third-order valence-electron chi connectivity index (χ3n) is 7.26. The lowest BCUT2D eigenvalue weighted by Gasteiger charge is -2.27. The van der Waals surface area contributed by atoms with Crippen molar-refractivity contribution in [3.8, 4) is 16.9 Å². The van der Waals surface area contributed by atoms with E-state index in [4.69, 9.17) is 15.2 Å². The number of ether oxygens (including phenoxy) is 2. The van der Waals surface area contributed by atoms with Crippen molar-refractivity contribution in [2.45, 2.75) is 64.3 Å². The zero-order chi connectivity index (χ0) is 29.2. The predicted molar refractivity (Wildman–Crippen MR) is 158 cm³/mol. The minimum atomic E-state index is -0.722. The summed E-state index contributed by atoms with van der Waals surface area (Å²) < 4.78 is 10.8. The van der Waals surface area contributed by atoms with Crippen molar-refractivity contribution in [3.05, 3.63) is 90.0 Å². The first-order chi connectivity index (χ1) is 19.9. The van der Waals surface area contributed by atoms with E-state index in [-0.39, 0.29) is 17.8 Å². The molecule has 0 bridgehead atoms. The van der Waals surface area contributed by atoms with Gasteiger partial charge in [0.1, 0.15) is 11.8 Å². The molecule has 1 heterocycles. The molecule has 1 unspecified atom stereocenters. The van der Waals surface area contributed by atoms with Crippen molar-refractivity contribution in [2.75, 3.05) is 13.2 Å². The lowest BCUT2D eigenvalue weighted by atomic mass is 10.0. The number of carbonyl (C=O) groups excluding carboxylic acids is 3. The topological polar surface area (TPSA) is 111 Å². The molecular formula is C33H39N3O5. The number of hydrogen-bond acceptors (Lipinski definition) is 6. The van der Waals surface area contributed by atoms with E-state index in [0.717, 1.165) is 28.7 Å². The van der Waals surface area contributed by atoms with Crippen LogP contribution >= 0.6 is 0 Å². The molecule has 0 saturated carbocycles. The number of nitrogens with two attached hydrogens (primary N) is 1. The van der Waals surface area contributed by atoms with Crippen molar-refractivity contribution in [2.24, 2.45) is 5.73 Å². The Morgan fingerprint density at radius 1 is 0.927 bits per heavy atom. The Hall–Kier alpha value is -4.17. The molecule has 8 nitrogen and oxygen atoms in total. The Morgan fingerprint density at radius 3 is 2.24 bits per heavy atom. The molecule has 2 amide bonds. The molecule has 1 aliphatic rings. The maximum absolute atomic E-state index is 13.2. The number of esters is 1. The van der Waals surface area contributed by atoms with Gasteiger partial charge in [0.2, 0.25) is 11.8 Å². The zero-order valence-electron chi connectivity index (χ0n) is 23.8. The highest BCUT2D eigenvalue weighted by molar-refractivity contribution is 5.90. The van der Waals surface area contributed by atoms with E-state index in [2.05, 4.69) is 17.4 Å². The lowest BCUT2D eigenvalue weighted by molar-refractivity contribution is -0.151. The average Bonchev–Trinajstić information content (AvgIpc) is 3.50. The van der Waals surface area contributed by atoms with Gasteiger partial charge in [0.05, 0.1) is 12.6 Å². The minimum absolute atomic E-state index is 0.191. The minimum Gasteiger partial charge on any atom is -0.479 e. The van der Waals surface area contributed by atoms with Crippen molar-refractivity contribution in [1.29, 1.82) is 0 Å². The van der Waals surface area contributed by atoms with E-state index in [0.29, 0.717) is 44.7 Å². The Balaban J connectivity index is 1.28. The van der Waals surface area contributed by atoms with Gasteiger partial charge in [-0.05, 0) is 67.0 Å². The van der Waals surface area contributed by atoms with Crippen molar-refractivity contribution in [3.63, 3.8) is 0 Å². The van der Waals surface area contributed by atoms with Crippen LogP contribution in [0.3, 0.4) is 0 Å². The van der Waals surface area contributed by atoms with Gasteiger partial charge >= 0.3 is 5.97 Å². The second-order valence-electron chi connectivity index (χ2n) is 10.2. The van der Waals surface area contributed by atoms with Gasteiger partial charge in [0.25, 0.3) is 0 Å². The second-order valence-corrected chi connectivity index (χ2v) is 10.2. The van der Waals surface area contributed by atoms with Crippen LogP contribution < -0.4 is 15.8 Å². The summed E-state index contributed by atoms with van der Waals surface area (Å²) in [5.41, 5.74) is 10.4. The molecule has 0 radical (unpaired) electrons. The number of benzene rings is 3. The first-order valence-electron chi connectivity index (χ1n) is 14.3. The summed E-state index contributed by atoms with van der Waals surface area (Å²) in [5, 5.41) is 2.95. The molecule has 4 rings (SSSR count). The number of amides is 2. The van der Waals surface area contributed by atoms with Gasteiger partial charge in [-0.1, -0.05) is 73.7 Å². The third-order valence-corrected chi connectivity index (χ3v) is 7.26. The van der Waals surface area contributed by atoms with Crippen molar-refractivity contribution >= 4 is 17.8 Å². The van der Waals surface area contributed by atoms with Gasteiger partial charge in [-0.25, -0.2) is 4.79 Å². The van der Waals surface area contributed by atoms with Gasteiger partial charge < -0.3 is 25.4 Å². The summed E-state index contributed by atoms with van der Waals surface area (Å²) in [5.74, 6) is -0.230. The third kappa shape index (κ3) is 7.95. The van der Waals surface area contributed by atoms with Crippen LogP contribution in [0.1, 0.15) is 44.2 Å². The molecule has 216 valence electrons. The van der Waals surface area contributed by atoms with Crippen LogP contribution in [-0.2, 0) is 32.1 Å². The molecule has 1 aliphatic heterocycles. The molecule has 1 fully saturated rings. The Bertz CT molecular complexity index is 1290. The van der Waals surface area contributed by atoms with E-state index < -0.39 is 18.2 Å². The predicted octanol–water partition coefficient (Wildman–Crippen LogP) is 4.25. The van der Waals surface area contributed by atoms with Crippen molar-refractivity contribution in [1.82, 2.24) is 10.2 Å². The van der Waals surface area contributed by atoms with E-state index in [9.17, 15) is 14.4 Å². The summed E-state index contributed by atoms with van der Waals surface area (Å²) in [7, 11) is 0. The fraction of sp³-hybridized carbons (Fsp3) is 0.364. The Labute approximate surface area is 241 Å². The molecule has 0 spiro atoms. The van der Waals surface area contributed by atoms with Gasteiger partial charge in [-0.3, -0.25) is 9.59 Å². The summed E-state index contributed by atoms with van der Waals surface area (Å²) in [6.07, 6.45) is 1.61. The number of rotatable bonds is 12. The van der Waals surface area contributed by atoms with E-state index in [1.165, 1.54) is 0 Å². The highest BCUT2D eigenvalue weighted by Crippen LogP contribution is 2.22. The summed E-state index contributed by atoms with van der Waals surface area (Å²) in [4.78, 5) is 39.9. The van der Waals surface area contributed by atoms with E-state index in [1.54, 1.807) is 24.0 Å². The SMILES string of the molecule is CCOC(=O)C(CC)Oc1ccc(CNC(=O)[C@@H]2CCCN2C(=O)[C@@H](N)Cc2ccc(-c3ccccc3)cc2)cc1. The maximum Gasteiger partial charge on any atom is 0.347 e. The fourth-order valence-electron chi connectivity index (χ4n) is 5.01. The Morgan fingerprint density at radius 2 is 1.59 bits per heavy atom. The van der Waals surface area contributed by atoms with Crippen LogP contribution in [0.5, 0.6) is 5.75 Å². The molecule has 8 heteroatoms. The van der Waals surface area contributed by atoms with E-state index in [1.807, 2.05) is 61.5 Å². The summed E-state index contributed by atoms with van der Waals surface area (Å²) in [6.45, 7) is 4.75. The number of nitrogens with one attached hydrogen (secondary N) is 1. The van der Waals surface area contributed by atoms with Crippen molar-refractivity contribution < 1.29 is 23.9 Å². The average molecular weight is 558 g/mol. The quantitative estimate of drug-likeness (QED) is 0.322. The maximum atomic E-state index is 13.2. The standard InChI is InChI=1S/C33H39N3O5/c1-3-30(33(39)40-4-2)41-27-18-14-24(15-19-27)22-35-31(37)29-11-8-20-36(29)32(38)28(34)21-23-12-16-26(17-13-23)25-9-6-5-7-10-25/h5-7,9-10,12-19,28-30H,3-4,8,11,20-22,34H2,1-2H3,(H,35,37)/t28-,29-,30?/m0/s1. The first-order valence-corrected chi connectivity index (χ1v) is 14.3. The highest BCUT2D eigenvalue weighted by Gasteiger charge is 2.36. The monoisotopic (exact) mass is 557 g/mol. The van der Waals surface area contributed by atoms with Gasteiger partial charge in [-0.15, -0.1) is 0 Å². The van der Waals surface area contributed by atoms with Crippen LogP contribution in [0.15, 0.2) is 78.9 Å². The Kier molecular flexibility index (Phi) is 10.5. The van der Waals surface area contributed by atoms with Crippen LogP contribution in [0.25, 0.3) is 11.1 Å². The van der Waals surface area contributed by atoms with Crippen LogP contribution in [0.2, 0.25) is 0 Å². The molecule has 0 aromatic heterocycles. The first kappa shape index (κ1) is 29.8. The highest BCUT2D eigenvalue weighted by atomic mass is 16.6. The largest absolute Gasteiger partial charge is 0.479 e.